The first-order chi connectivity index (χ1) is 7.35. The number of hydrogen-bond donors (Lipinski definition) is 0. The van der Waals surface area contributed by atoms with Gasteiger partial charge < -0.3 is 14.8 Å². The fraction of sp³-hybridized carbons (Fsp3) is 0.455. The maximum atomic E-state index is 11.9. The van der Waals surface area contributed by atoms with E-state index in [1.54, 1.807) is 32.9 Å². The second-order valence-electron chi connectivity index (χ2n) is 4.45. The molecule has 0 bridgehead atoms. The van der Waals surface area contributed by atoms with Gasteiger partial charge in [0.25, 0.3) is 5.54 Å². The minimum Gasteiger partial charge on any atom is -0.619 e. The molecule has 5 nitrogen and oxygen atoms in total. The largest absolute Gasteiger partial charge is 0.619 e. The van der Waals surface area contributed by atoms with E-state index in [2.05, 4.69) is 0 Å². The van der Waals surface area contributed by atoms with E-state index >= 15 is 0 Å². The Morgan fingerprint density at radius 2 is 1.81 bits per heavy atom. The van der Waals surface area contributed by atoms with Crippen LogP contribution >= 0.6 is 0 Å². The second-order valence-corrected chi connectivity index (χ2v) is 4.45. The molecule has 1 aliphatic rings. The molecule has 0 unspecified atom stereocenters. The molecule has 1 aliphatic heterocycles. The van der Waals surface area contributed by atoms with Gasteiger partial charge in [-0.05, 0) is 19.1 Å². The molecule has 5 heteroatoms. The Morgan fingerprint density at radius 3 is 2.19 bits per heavy atom. The summed E-state index contributed by atoms with van der Waals surface area (Å²) in [5, 5.41) is 23.7. The van der Waals surface area contributed by atoms with E-state index in [4.69, 9.17) is 4.42 Å². The number of rotatable bonds is 1. The molecule has 0 saturated heterocycles. The van der Waals surface area contributed by atoms with Crippen molar-refractivity contribution in [1.82, 2.24) is 0 Å². The summed E-state index contributed by atoms with van der Waals surface area (Å²) in [7, 11) is 0. The van der Waals surface area contributed by atoms with E-state index in [9.17, 15) is 10.4 Å². The van der Waals surface area contributed by atoms with E-state index in [-0.39, 0.29) is 5.84 Å². The first-order valence-corrected chi connectivity index (χ1v) is 5.08. The van der Waals surface area contributed by atoms with E-state index in [0.29, 0.717) is 26.7 Å². The summed E-state index contributed by atoms with van der Waals surface area (Å²) in [4.78, 5) is 0. The van der Waals surface area contributed by atoms with Crippen LogP contribution in [0.4, 0.5) is 0 Å². The SMILES string of the molecule is CC1=[N+]([O-])C(C)(C)C(c2ccc(C)o2)=[N+]1[O-]. The van der Waals surface area contributed by atoms with Crippen molar-refractivity contribution in [2.75, 3.05) is 0 Å². The molecule has 1 aromatic rings. The highest BCUT2D eigenvalue weighted by Gasteiger charge is 2.51. The quantitative estimate of drug-likeness (QED) is 0.535. The third-order valence-corrected chi connectivity index (χ3v) is 2.85. The van der Waals surface area contributed by atoms with Crippen LogP contribution in [0, 0.1) is 17.3 Å². The van der Waals surface area contributed by atoms with Crippen LogP contribution in [0.15, 0.2) is 16.5 Å². The summed E-state index contributed by atoms with van der Waals surface area (Å²) in [5.74, 6) is 1.30. The van der Waals surface area contributed by atoms with Crippen molar-refractivity contribution < 1.29 is 13.9 Å². The third-order valence-electron chi connectivity index (χ3n) is 2.85. The molecule has 0 fully saturated rings. The summed E-state index contributed by atoms with van der Waals surface area (Å²) in [6.07, 6.45) is 0. The molecular weight excluding hydrogens is 208 g/mol. The van der Waals surface area contributed by atoms with E-state index < -0.39 is 5.54 Å². The van der Waals surface area contributed by atoms with Crippen molar-refractivity contribution in [2.45, 2.75) is 33.2 Å². The molecule has 0 saturated carbocycles. The summed E-state index contributed by atoms with van der Waals surface area (Å²) < 4.78 is 6.77. The Bertz CT molecular complexity index is 509. The summed E-state index contributed by atoms with van der Waals surface area (Å²) in [6, 6.07) is 3.48. The lowest BCUT2D eigenvalue weighted by atomic mass is 9.97. The first kappa shape index (κ1) is 10.7. The molecule has 0 radical (unpaired) electrons. The standard InChI is InChI=1S/C11H14N2O3/c1-7-5-6-9(16-7)10-11(3,4)13(15)8(2)12(10)14/h5-6H,1-4H3. The molecular formula is C11H14N2O3. The summed E-state index contributed by atoms with van der Waals surface area (Å²) in [5.41, 5.74) is -0.538. The first-order valence-electron chi connectivity index (χ1n) is 5.08. The van der Waals surface area contributed by atoms with Crippen LogP contribution in [0.1, 0.15) is 32.3 Å². The average molecular weight is 222 g/mol. The normalized spacial score (nSPS) is 19.8. The second kappa shape index (κ2) is 3.10. The topological polar surface area (TPSA) is 65.3 Å². The molecule has 2 heterocycles. The Kier molecular flexibility index (Phi) is 2.08. The lowest BCUT2D eigenvalue weighted by molar-refractivity contribution is -0.532. The van der Waals surface area contributed by atoms with Gasteiger partial charge in [0.05, 0.1) is 6.92 Å². The Morgan fingerprint density at radius 1 is 1.19 bits per heavy atom. The van der Waals surface area contributed by atoms with Crippen molar-refractivity contribution in [3.63, 3.8) is 0 Å². The molecule has 16 heavy (non-hydrogen) atoms. The van der Waals surface area contributed by atoms with Gasteiger partial charge in [-0.25, -0.2) is 0 Å². The van der Waals surface area contributed by atoms with Crippen molar-refractivity contribution >= 4 is 11.5 Å². The Hall–Kier alpha value is -1.78. The van der Waals surface area contributed by atoms with Crippen molar-refractivity contribution in [3.8, 4) is 0 Å². The smallest absolute Gasteiger partial charge is 0.433 e. The van der Waals surface area contributed by atoms with E-state index in [1.807, 2.05) is 0 Å². The number of hydrogen-bond acceptors (Lipinski definition) is 3. The van der Waals surface area contributed by atoms with Crippen LogP contribution in [-0.2, 0) is 0 Å². The van der Waals surface area contributed by atoms with Crippen LogP contribution in [0.25, 0.3) is 0 Å². The maximum absolute atomic E-state index is 11.9. The highest BCUT2D eigenvalue weighted by atomic mass is 16.5. The van der Waals surface area contributed by atoms with Crippen molar-refractivity contribution in [2.24, 2.45) is 0 Å². The number of furan rings is 1. The Labute approximate surface area is 93.5 Å². The van der Waals surface area contributed by atoms with Gasteiger partial charge in [-0.15, -0.1) is 9.48 Å². The molecule has 0 N–H and O–H groups in total. The zero-order valence-corrected chi connectivity index (χ0v) is 9.77. The van der Waals surface area contributed by atoms with Crippen LogP contribution in [0.2, 0.25) is 0 Å². The molecule has 86 valence electrons. The Balaban J connectivity index is 2.60. The van der Waals surface area contributed by atoms with Gasteiger partial charge in [-0.1, -0.05) is 0 Å². The minimum atomic E-state index is -0.893. The molecule has 0 aromatic carbocycles. The molecule has 0 spiro atoms. The molecule has 1 aromatic heterocycles. The van der Waals surface area contributed by atoms with Crippen molar-refractivity contribution in [1.29, 1.82) is 0 Å². The lowest BCUT2D eigenvalue weighted by Crippen LogP contribution is -2.39. The highest BCUT2D eigenvalue weighted by molar-refractivity contribution is 6.04. The van der Waals surface area contributed by atoms with Gasteiger partial charge in [0, 0.05) is 13.8 Å². The van der Waals surface area contributed by atoms with Gasteiger partial charge in [0.2, 0.25) is 5.76 Å². The number of aryl methyl sites for hydroxylation is 1. The fourth-order valence-corrected chi connectivity index (χ4v) is 1.96. The number of nitrogens with zero attached hydrogens (tertiary/aromatic N) is 2. The zero-order chi connectivity index (χ0) is 12.1. The van der Waals surface area contributed by atoms with E-state index in [1.165, 1.54) is 6.92 Å². The highest BCUT2D eigenvalue weighted by Crippen LogP contribution is 2.23. The predicted molar refractivity (Wildman–Crippen MR) is 59.6 cm³/mol. The van der Waals surface area contributed by atoms with Gasteiger partial charge in [0.15, 0.2) is 0 Å². The van der Waals surface area contributed by atoms with Crippen molar-refractivity contribution in [3.05, 3.63) is 34.1 Å². The zero-order valence-electron chi connectivity index (χ0n) is 9.77. The van der Waals surface area contributed by atoms with Gasteiger partial charge in [-0.2, -0.15) is 0 Å². The summed E-state index contributed by atoms with van der Waals surface area (Å²) >= 11 is 0. The number of hydroxylamine groups is 2. The number of amidine groups is 1. The minimum absolute atomic E-state index is 0.133. The molecule has 2 rings (SSSR count). The predicted octanol–water partition coefficient (Wildman–Crippen LogP) is 1.61. The van der Waals surface area contributed by atoms with Gasteiger partial charge in [0.1, 0.15) is 5.76 Å². The average Bonchev–Trinajstić information content (AvgIpc) is 2.66. The van der Waals surface area contributed by atoms with Crippen LogP contribution in [0.5, 0.6) is 0 Å². The van der Waals surface area contributed by atoms with Crippen LogP contribution < -0.4 is 0 Å². The van der Waals surface area contributed by atoms with Crippen LogP contribution in [0.3, 0.4) is 0 Å². The monoisotopic (exact) mass is 222 g/mol. The third kappa shape index (κ3) is 1.24. The van der Waals surface area contributed by atoms with E-state index in [0.717, 1.165) is 0 Å². The fourth-order valence-electron chi connectivity index (χ4n) is 1.96. The maximum Gasteiger partial charge on any atom is 0.433 e. The molecule has 0 amide bonds. The van der Waals surface area contributed by atoms with Crippen LogP contribution in [-0.4, -0.2) is 26.6 Å². The van der Waals surface area contributed by atoms with Gasteiger partial charge >= 0.3 is 11.5 Å². The lowest BCUT2D eigenvalue weighted by Gasteiger charge is -2.14. The molecule has 0 aliphatic carbocycles. The van der Waals surface area contributed by atoms with Gasteiger partial charge in [-0.3, -0.25) is 0 Å². The summed E-state index contributed by atoms with van der Waals surface area (Å²) in [6.45, 7) is 6.71. The molecule has 0 atom stereocenters.